The third kappa shape index (κ3) is 5.35. The van der Waals surface area contributed by atoms with Crippen LogP contribution >= 0.6 is 0 Å². The Balaban J connectivity index is 2.12. The standard InChI is InChI=1S/C17H24F2N6O2/c1-5-24-8-13(15(23-24)17(27)20-7-10(2)3)21-14(26)9-25-11(4)6-12(22-25)16(18)19/h6,8,10,16H,5,7,9H2,1-4H3,(H,20,27)(H,21,26). The number of amides is 2. The van der Waals surface area contributed by atoms with Crippen LogP contribution < -0.4 is 10.6 Å². The third-order valence-corrected chi connectivity index (χ3v) is 3.76. The quantitative estimate of drug-likeness (QED) is 0.733. The Kier molecular flexibility index (Phi) is 6.65. The monoisotopic (exact) mass is 382 g/mol. The second kappa shape index (κ2) is 8.74. The summed E-state index contributed by atoms with van der Waals surface area (Å²) >= 11 is 0. The maximum Gasteiger partial charge on any atom is 0.282 e. The van der Waals surface area contributed by atoms with Gasteiger partial charge in [-0.05, 0) is 25.8 Å². The van der Waals surface area contributed by atoms with Gasteiger partial charge in [0, 0.05) is 25.0 Å². The van der Waals surface area contributed by atoms with Gasteiger partial charge < -0.3 is 10.6 Å². The first kappa shape index (κ1) is 20.5. The largest absolute Gasteiger partial charge is 0.350 e. The molecule has 2 rings (SSSR count). The zero-order valence-corrected chi connectivity index (χ0v) is 15.8. The number of nitrogens with one attached hydrogen (secondary N) is 2. The first-order valence-corrected chi connectivity index (χ1v) is 8.69. The number of carbonyl (C=O) groups is 2. The molecule has 0 aliphatic rings. The second-order valence-electron chi connectivity index (χ2n) is 6.57. The number of alkyl halides is 2. The minimum Gasteiger partial charge on any atom is -0.350 e. The topological polar surface area (TPSA) is 93.8 Å². The van der Waals surface area contributed by atoms with Crippen LogP contribution in [-0.4, -0.2) is 37.9 Å². The molecule has 0 saturated carbocycles. The SMILES string of the molecule is CCn1cc(NC(=O)Cn2nc(C(F)F)cc2C)c(C(=O)NCC(C)C)n1. The molecule has 2 N–H and O–H groups in total. The lowest BCUT2D eigenvalue weighted by Crippen LogP contribution is -2.29. The van der Waals surface area contributed by atoms with E-state index < -0.39 is 12.3 Å². The van der Waals surface area contributed by atoms with Gasteiger partial charge in [-0.25, -0.2) is 8.78 Å². The van der Waals surface area contributed by atoms with Crippen molar-refractivity contribution in [1.82, 2.24) is 24.9 Å². The molecule has 2 aromatic rings. The fourth-order valence-corrected chi connectivity index (χ4v) is 2.35. The zero-order valence-electron chi connectivity index (χ0n) is 15.8. The highest BCUT2D eigenvalue weighted by Gasteiger charge is 2.20. The summed E-state index contributed by atoms with van der Waals surface area (Å²) in [7, 11) is 0. The lowest BCUT2D eigenvalue weighted by Gasteiger charge is -2.08. The summed E-state index contributed by atoms with van der Waals surface area (Å²) in [5.74, 6) is -0.607. The lowest BCUT2D eigenvalue weighted by molar-refractivity contribution is -0.117. The molecule has 10 heteroatoms. The Morgan fingerprint density at radius 2 is 1.96 bits per heavy atom. The number of aromatic nitrogens is 4. The highest BCUT2D eigenvalue weighted by atomic mass is 19.3. The van der Waals surface area contributed by atoms with Gasteiger partial charge in [0.05, 0.1) is 5.69 Å². The van der Waals surface area contributed by atoms with E-state index in [-0.39, 0.29) is 35.4 Å². The molecule has 148 valence electrons. The fraction of sp³-hybridized carbons (Fsp3) is 0.529. The summed E-state index contributed by atoms with van der Waals surface area (Å²) in [6.07, 6.45) is -1.14. The van der Waals surface area contributed by atoms with Crippen molar-refractivity contribution in [2.45, 2.75) is 47.2 Å². The van der Waals surface area contributed by atoms with Crippen molar-refractivity contribution in [3.8, 4) is 0 Å². The summed E-state index contributed by atoms with van der Waals surface area (Å²) in [6, 6.07) is 1.23. The molecule has 0 bridgehead atoms. The van der Waals surface area contributed by atoms with E-state index in [0.717, 1.165) is 0 Å². The average Bonchev–Trinajstić information content (AvgIpc) is 3.16. The van der Waals surface area contributed by atoms with E-state index in [0.29, 0.717) is 18.8 Å². The number of hydrogen-bond acceptors (Lipinski definition) is 4. The number of nitrogens with zero attached hydrogens (tertiary/aromatic N) is 4. The molecule has 0 spiro atoms. The van der Waals surface area contributed by atoms with Crippen LogP contribution in [-0.2, 0) is 17.9 Å². The summed E-state index contributed by atoms with van der Waals surface area (Å²) in [5, 5.41) is 13.3. The Labute approximate surface area is 155 Å². The van der Waals surface area contributed by atoms with Gasteiger partial charge in [-0.2, -0.15) is 10.2 Å². The number of halogens is 2. The fourth-order valence-electron chi connectivity index (χ4n) is 2.35. The molecule has 8 nitrogen and oxygen atoms in total. The molecule has 2 heterocycles. The van der Waals surface area contributed by atoms with Gasteiger partial charge in [0.2, 0.25) is 5.91 Å². The Morgan fingerprint density at radius 3 is 2.52 bits per heavy atom. The van der Waals surface area contributed by atoms with E-state index in [9.17, 15) is 18.4 Å². The highest BCUT2D eigenvalue weighted by molar-refractivity contribution is 6.02. The van der Waals surface area contributed by atoms with E-state index in [1.165, 1.54) is 15.4 Å². The molecule has 2 aromatic heterocycles. The number of anilines is 1. The maximum atomic E-state index is 12.7. The van der Waals surface area contributed by atoms with Crippen LogP contribution in [0.1, 0.15) is 49.1 Å². The molecule has 0 unspecified atom stereocenters. The molecule has 0 aliphatic heterocycles. The number of aryl methyl sites for hydroxylation is 2. The number of rotatable bonds is 8. The van der Waals surface area contributed by atoms with Crippen molar-refractivity contribution < 1.29 is 18.4 Å². The zero-order chi connectivity index (χ0) is 20.1. The van der Waals surface area contributed by atoms with Crippen LogP contribution in [0.4, 0.5) is 14.5 Å². The van der Waals surface area contributed by atoms with Crippen molar-refractivity contribution in [2.24, 2.45) is 5.92 Å². The molecule has 27 heavy (non-hydrogen) atoms. The molecular formula is C17H24F2N6O2. The van der Waals surface area contributed by atoms with E-state index in [4.69, 9.17) is 0 Å². The van der Waals surface area contributed by atoms with Crippen LogP contribution in [0.2, 0.25) is 0 Å². The lowest BCUT2D eigenvalue weighted by atomic mass is 10.2. The van der Waals surface area contributed by atoms with Crippen LogP contribution in [0.15, 0.2) is 12.3 Å². The number of hydrogen-bond donors (Lipinski definition) is 2. The Bertz CT molecular complexity index is 812. The minimum atomic E-state index is -2.70. The predicted molar refractivity (Wildman–Crippen MR) is 95.6 cm³/mol. The minimum absolute atomic E-state index is 0.108. The third-order valence-electron chi connectivity index (χ3n) is 3.76. The molecule has 0 aliphatic carbocycles. The summed E-state index contributed by atoms with van der Waals surface area (Å²) in [5.41, 5.74) is 0.436. The first-order chi connectivity index (χ1) is 12.7. The van der Waals surface area contributed by atoms with Crippen LogP contribution in [0.3, 0.4) is 0 Å². The van der Waals surface area contributed by atoms with Crippen LogP contribution in [0.5, 0.6) is 0 Å². The molecule has 2 amide bonds. The van der Waals surface area contributed by atoms with Gasteiger partial charge in [0.25, 0.3) is 12.3 Å². The Hall–Kier alpha value is -2.78. The molecule has 0 saturated heterocycles. The van der Waals surface area contributed by atoms with E-state index in [2.05, 4.69) is 20.8 Å². The van der Waals surface area contributed by atoms with Gasteiger partial charge in [-0.1, -0.05) is 13.8 Å². The van der Waals surface area contributed by atoms with Gasteiger partial charge >= 0.3 is 0 Å². The van der Waals surface area contributed by atoms with E-state index in [1.807, 2.05) is 20.8 Å². The summed E-state index contributed by atoms with van der Waals surface area (Å²) < 4.78 is 28.2. The van der Waals surface area contributed by atoms with Gasteiger partial charge in [-0.15, -0.1) is 0 Å². The van der Waals surface area contributed by atoms with Crippen molar-refractivity contribution in [3.63, 3.8) is 0 Å². The second-order valence-corrected chi connectivity index (χ2v) is 6.57. The van der Waals surface area contributed by atoms with E-state index in [1.54, 1.807) is 13.1 Å². The highest BCUT2D eigenvalue weighted by Crippen LogP contribution is 2.18. The van der Waals surface area contributed by atoms with Gasteiger partial charge in [0.15, 0.2) is 5.69 Å². The normalized spacial score (nSPS) is 11.3. The van der Waals surface area contributed by atoms with Crippen LogP contribution in [0, 0.1) is 12.8 Å². The summed E-state index contributed by atoms with van der Waals surface area (Å²) in [4.78, 5) is 24.7. The first-order valence-electron chi connectivity index (χ1n) is 8.69. The number of carbonyl (C=O) groups excluding carboxylic acids is 2. The average molecular weight is 382 g/mol. The van der Waals surface area contributed by atoms with Crippen molar-refractivity contribution in [2.75, 3.05) is 11.9 Å². The predicted octanol–water partition coefficient (Wildman–Crippen LogP) is 2.37. The molecular weight excluding hydrogens is 358 g/mol. The van der Waals surface area contributed by atoms with E-state index >= 15 is 0 Å². The van der Waals surface area contributed by atoms with Crippen molar-refractivity contribution in [3.05, 3.63) is 29.3 Å². The molecule has 0 fully saturated rings. The smallest absolute Gasteiger partial charge is 0.282 e. The van der Waals surface area contributed by atoms with Crippen LogP contribution in [0.25, 0.3) is 0 Å². The Morgan fingerprint density at radius 1 is 1.26 bits per heavy atom. The van der Waals surface area contributed by atoms with Crippen molar-refractivity contribution in [1.29, 1.82) is 0 Å². The molecule has 0 aromatic carbocycles. The van der Waals surface area contributed by atoms with Gasteiger partial charge in [-0.3, -0.25) is 19.0 Å². The summed E-state index contributed by atoms with van der Waals surface area (Å²) in [6.45, 7) is 8.13. The maximum absolute atomic E-state index is 12.7. The molecule has 0 atom stereocenters. The van der Waals surface area contributed by atoms with Crippen molar-refractivity contribution >= 4 is 17.5 Å². The van der Waals surface area contributed by atoms with Gasteiger partial charge in [0.1, 0.15) is 12.2 Å². The molecule has 0 radical (unpaired) electrons.